The molecule has 0 aliphatic heterocycles. The van der Waals surface area contributed by atoms with E-state index < -0.39 is 0 Å². The molecule has 0 atom stereocenters. The number of thiazole rings is 2. The third kappa shape index (κ3) is 2.38. The van der Waals surface area contributed by atoms with Crippen molar-refractivity contribution in [3.63, 3.8) is 0 Å². The zero-order chi connectivity index (χ0) is 17.7. The summed E-state index contributed by atoms with van der Waals surface area (Å²) in [6.07, 6.45) is 3.33. The van der Waals surface area contributed by atoms with E-state index in [2.05, 4.69) is 60.4 Å². The smallest absolute Gasteiger partial charge is 0.212 e. The van der Waals surface area contributed by atoms with Crippen LogP contribution in [0.4, 0.5) is 10.3 Å². The first-order valence-electron chi connectivity index (χ1n) is 8.08. The van der Waals surface area contributed by atoms with Gasteiger partial charge < -0.3 is 0 Å². The molecule has 0 aliphatic carbocycles. The molecule has 0 radical (unpaired) electrons. The Hall–Kier alpha value is -2.84. The third-order valence-electron chi connectivity index (χ3n) is 4.22. The van der Waals surface area contributed by atoms with Crippen LogP contribution in [0, 0.1) is 13.8 Å². The first kappa shape index (κ1) is 15.4. The van der Waals surface area contributed by atoms with Gasteiger partial charge in [0.05, 0.1) is 20.4 Å². The van der Waals surface area contributed by atoms with Crippen molar-refractivity contribution in [2.24, 2.45) is 0 Å². The van der Waals surface area contributed by atoms with E-state index in [4.69, 9.17) is 9.97 Å². The zero-order valence-electron chi connectivity index (χ0n) is 14.1. The molecule has 0 bridgehead atoms. The fourth-order valence-corrected chi connectivity index (χ4v) is 5.07. The lowest BCUT2D eigenvalue weighted by atomic mass is 10.2. The van der Waals surface area contributed by atoms with Crippen LogP contribution in [0.5, 0.6) is 0 Å². The van der Waals surface area contributed by atoms with Crippen LogP contribution < -0.4 is 5.01 Å². The van der Waals surface area contributed by atoms with Crippen molar-refractivity contribution in [3.05, 3.63) is 60.2 Å². The number of nitrogens with zero attached hydrogens (tertiary/aromatic N) is 6. The Morgan fingerprint density at radius 3 is 1.73 bits per heavy atom. The minimum atomic E-state index is 0.839. The maximum absolute atomic E-state index is 4.87. The second-order valence-corrected chi connectivity index (χ2v) is 8.01. The molecule has 0 saturated heterocycles. The molecule has 0 unspecified atom stereocenters. The van der Waals surface area contributed by atoms with Gasteiger partial charge >= 0.3 is 0 Å². The van der Waals surface area contributed by atoms with Gasteiger partial charge in [-0.25, -0.2) is 14.6 Å². The van der Waals surface area contributed by atoms with E-state index in [9.17, 15) is 0 Å². The van der Waals surface area contributed by atoms with Gasteiger partial charge in [0.25, 0.3) is 0 Å². The molecule has 5 aromatic rings. The summed E-state index contributed by atoms with van der Waals surface area (Å²) in [5, 5.41) is 11.6. The van der Waals surface area contributed by atoms with Crippen LogP contribution in [0.3, 0.4) is 0 Å². The quantitative estimate of drug-likeness (QED) is 0.455. The predicted molar refractivity (Wildman–Crippen MR) is 106 cm³/mol. The second-order valence-electron chi connectivity index (χ2n) is 5.99. The van der Waals surface area contributed by atoms with Gasteiger partial charge in [0.1, 0.15) is 12.7 Å². The minimum Gasteiger partial charge on any atom is -0.219 e. The SMILES string of the molecule is Cc1cccc2sc(N(c3nc4c(C)cccc4s3)n3cnnc3)nc12. The summed E-state index contributed by atoms with van der Waals surface area (Å²) in [4.78, 5) is 9.74. The topological polar surface area (TPSA) is 59.7 Å². The van der Waals surface area contributed by atoms with E-state index in [1.807, 2.05) is 9.69 Å². The number of benzene rings is 2. The zero-order valence-corrected chi connectivity index (χ0v) is 15.8. The van der Waals surface area contributed by atoms with Gasteiger partial charge in [-0.05, 0) is 37.1 Å². The monoisotopic (exact) mass is 378 g/mol. The van der Waals surface area contributed by atoms with E-state index in [0.717, 1.165) is 41.8 Å². The van der Waals surface area contributed by atoms with Crippen LogP contribution in [0.25, 0.3) is 20.4 Å². The van der Waals surface area contributed by atoms with E-state index in [1.54, 1.807) is 35.3 Å². The van der Waals surface area contributed by atoms with Crippen molar-refractivity contribution in [2.45, 2.75) is 13.8 Å². The number of rotatable bonds is 3. The average molecular weight is 378 g/mol. The van der Waals surface area contributed by atoms with Gasteiger partial charge in [-0.15, -0.1) is 10.2 Å². The Bertz CT molecular complexity index is 1140. The Labute approximate surface area is 157 Å². The number of para-hydroxylation sites is 2. The third-order valence-corrected chi connectivity index (χ3v) is 6.21. The molecule has 128 valence electrons. The Kier molecular flexibility index (Phi) is 3.47. The second kappa shape index (κ2) is 5.86. The summed E-state index contributed by atoms with van der Waals surface area (Å²) in [6.45, 7) is 4.16. The fourth-order valence-electron chi connectivity index (χ4n) is 2.91. The first-order valence-corrected chi connectivity index (χ1v) is 9.71. The molecule has 26 heavy (non-hydrogen) atoms. The van der Waals surface area contributed by atoms with Crippen molar-refractivity contribution in [1.82, 2.24) is 24.8 Å². The highest BCUT2D eigenvalue weighted by Crippen LogP contribution is 2.38. The summed E-state index contributed by atoms with van der Waals surface area (Å²) >= 11 is 3.26. The van der Waals surface area contributed by atoms with E-state index in [1.165, 1.54) is 0 Å². The summed E-state index contributed by atoms with van der Waals surface area (Å²) in [5.74, 6) is 0. The van der Waals surface area contributed by atoms with Crippen LogP contribution in [0.15, 0.2) is 49.1 Å². The summed E-state index contributed by atoms with van der Waals surface area (Å²) in [5.41, 5.74) is 4.36. The van der Waals surface area contributed by atoms with Crippen LogP contribution in [-0.2, 0) is 0 Å². The van der Waals surface area contributed by atoms with E-state index in [-0.39, 0.29) is 0 Å². The molecule has 0 aliphatic rings. The highest BCUT2D eigenvalue weighted by Gasteiger charge is 2.21. The number of aryl methyl sites for hydroxylation is 2. The van der Waals surface area contributed by atoms with Gasteiger partial charge in [-0.3, -0.25) is 0 Å². The number of hydrogen-bond donors (Lipinski definition) is 0. The molecular weight excluding hydrogens is 364 g/mol. The normalized spacial score (nSPS) is 11.5. The average Bonchev–Trinajstić information content (AvgIpc) is 3.35. The number of hydrogen-bond acceptors (Lipinski definition) is 7. The van der Waals surface area contributed by atoms with Crippen LogP contribution >= 0.6 is 22.7 Å². The van der Waals surface area contributed by atoms with Crippen molar-refractivity contribution in [3.8, 4) is 0 Å². The predicted octanol–water partition coefficient (Wildman–Crippen LogP) is 4.72. The lowest BCUT2D eigenvalue weighted by molar-refractivity contribution is 0.805. The largest absolute Gasteiger partial charge is 0.219 e. The van der Waals surface area contributed by atoms with Crippen molar-refractivity contribution in [2.75, 3.05) is 5.01 Å². The minimum absolute atomic E-state index is 0.839. The molecule has 0 N–H and O–H groups in total. The summed E-state index contributed by atoms with van der Waals surface area (Å²) in [7, 11) is 0. The number of aromatic nitrogens is 5. The highest BCUT2D eigenvalue weighted by molar-refractivity contribution is 7.24. The lowest BCUT2D eigenvalue weighted by Crippen LogP contribution is -2.22. The molecule has 6 nitrogen and oxygen atoms in total. The van der Waals surface area contributed by atoms with Crippen LogP contribution in [-0.4, -0.2) is 24.8 Å². The standard InChI is InChI=1S/C18H14N6S2/c1-11-5-3-7-13-15(11)21-17(25-13)24(23-9-19-20-10-23)18-22-16-12(2)6-4-8-14(16)26-18/h3-10H,1-2H3. The molecule has 0 spiro atoms. The summed E-state index contributed by atoms with van der Waals surface area (Å²) < 4.78 is 4.12. The van der Waals surface area contributed by atoms with Crippen molar-refractivity contribution in [1.29, 1.82) is 0 Å². The molecule has 2 aromatic carbocycles. The van der Waals surface area contributed by atoms with Gasteiger partial charge in [-0.1, -0.05) is 46.9 Å². The molecule has 3 heterocycles. The van der Waals surface area contributed by atoms with Crippen molar-refractivity contribution >= 4 is 53.4 Å². The molecule has 5 rings (SSSR count). The molecule has 3 aromatic heterocycles. The van der Waals surface area contributed by atoms with Crippen molar-refractivity contribution < 1.29 is 0 Å². The maximum atomic E-state index is 4.87. The lowest BCUT2D eigenvalue weighted by Gasteiger charge is -2.17. The number of anilines is 2. The Balaban J connectivity index is 1.74. The molecule has 0 saturated carbocycles. The van der Waals surface area contributed by atoms with Crippen LogP contribution in [0.1, 0.15) is 11.1 Å². The number of fused-ring (bicyclic) bond motifs is 2. The molecular formula is C18H14N6S2. The first-order chi connectivity index (χ1) is 12.7. The highest BCUT2D eigenvalue weighted by atomic mass is 32.1. The van der Waals surface area contributed by atoms with Gasteiger partial charge in [0, 0.05) is 0 Å². The Morgan fingerprint density at radius 1 is 0.769 bits per heavy atom. The van der Waals surface area contributed by atoms with Gasteiger partial charge in [-0.2, -0.15) is 5.01 Å². The van der Waals surface area contributed by atoms with E-state index in [0.29, 0.717) is 0 Å². The fraction of sp³-hybridized carbons (Fsp3) is 0.111. The van der Waals surface area contributed by atoms with E-state index >= 15 is 0 Å². The van der Waals surface area contributed by atoms with Crippen LogP contribution in [0.2, 0.25) is 0 Å². The molecule has 0 fully saturated rings. The summed E-state index contributed by atoms with van der Waals surface area (Å²) in [6, 6.07) is 12.5. The van der Waals surface area contributed by atoms with Gasteiger partial charge in [0.2, 0.25) is 10.3 Å². The molecule has 8 heteroatoms. The molecule has 0 amide bonds. The Morgan fingerprint density at radius 2 is 1.27 bits per heavy atom. The maximum Gasteiger partial charge on any atom is 0.212 e. The van der Waals surface area contributed by atoms with Gasteiger partial charge in [0.15, 0.2) is 0 Å².